The Kier molecular flexibility index (Phi) is 4.03. The highest BCUT2D eigenvalue weighted by Crippen LogP contribution is 2.58. The van der Waals surface area contributed by atoms with E-state index in [1.54, 1.807) is 24.4 Å². The van der Waals surface area contributed by atoms with E-state index in [-0.39, 0.29) is 16.9 Å². The molecule has 2 aliphatic rings. The molecule has 0 radical (unpaired) electrons. The Morgan fingerprint density at radius 2 is 1.97 bits per heavy atom. The number of likely N-dealkylation sites (tertiary alicyclic amines) is 1. The summed E-state index contributed by atoms with van der Waals surface area (Å²) in [5.41, 5.74) is 0.921. The number of aromatic nitrogens is 6. The van der Waals surface area contributed by atoms with Crippen LogP contribution >= 0.6 is 0 Å². The van der Waals surface area contributed by atoms with Crippen molar-refractivity contribution in [2.45, 2.75) is 32.7 Å². The van der Waals surface area contributed by atoms with Crippen molar-refractivity contribution in [3.05, 3.63) is 24.9 Å². The minimum absolute atomic E-state index is 0.0328. The fraction of sp³-hybridized carbons (Fsp3) is 0.550. The molecule has 2 N–H and O–H groups in total. The fourth-order valence-corrected chi connectivity index (χ4v) is 5.32. The van der Waals surface area contributed by atoms with E-state index in [4.69, 9.17) is 0 Å². The van der Waals surface area contributed by atoms with Crippen LogP contribution in [0.3, 0.4) is 0 Å². The van der Waals surface area contributed by atoms with E-state index in [2.05, 4.69) is 56.1 Å². The number of anilines is 2. The molecule has 3 aromatic rings. The van der Waals surface area contributed by atoms with Gasteiger partial charge in [0.25, 0.3) is 0 Å². The Hall–Kier alpha value is -3.17. The average molecular weight is 409 g/mol. The van der Waals surface area contributed by atoms with Gasteiger partial charge in [-0.3, -0.25) is 10.00 Å². The molecule has 30 heavy (non-hydrogen) atoms. The molecule has 0 bridgehead atoms. The van der Waals surface area contributed by atoms with Crippen LogP contribution in [-0.4, -0.2) is 66.8 Å². The molecule has 0 spiro atoms. The summed E-state index contributed by atoms with van der Waals surface area (Å²) < 4.78 is 1.58. The van der Waals surface area contributed by atoms with Gasteiger partial charge >= 0.3 is 6.03 Å². The van der Waals surface area contributed by atoms with Crippen molar-refractivity contribution in [3.8, 4) is 0 Å². The lowest BCUT2D eigenvalue weighted by molar-refractivity contribution is 0.184. The molecule has 5 rings (SSSR count). The third-order valence-corrected chi connectivity index (χ3v) is 7.23. The van der Waals surface area contributed by atoms with Gasteiger partial charge in [0.1, 0.15) is 24.1 Å². The summed E-state index contributed by atoms with van der Waals surface area (Å²) in [5.74, 6) is 1.29. The molecule has 0 aromatic carbocycles. The van der Waals surface area contributed by atoms with Crippen molar-refractivity contribution >= 4 is 28.8 Å². The molecular formula is C20H27N9O. The van der Waals surface area contributed by atoms with Gasteiger partial charge in [-0.2, -0.15) is 0 Å². The average Bonchev–Trinajstić information content (AvgIpc) is 3.42. The molecule has 158 valence electrons. The van der Waals surface area contributed by atoms with E-state index in [0.29, 0.717) is 12.0 Å². The molecule has 1 saturated carbocycles. The van der Waals surface area contributed by atoms with Crippen molar-refractivity contribution in [1.82, 2.24) is 34.6 Å². The first-order valence-corrected chi connectivity index (χ1v) is 10.2. The number of rotatable bonds is 3. The van der Waals surface area contributed by atoms with Crippen LogP contribution in [0.25, 0.3) is 11.0 Å². The largest absolute Gasteiger partial charge is 0.356 e. The Morgan fingerprint density at radius 1 is 1.23 bits per heavy atom. The molecule has 2 fully saturated rings. The van der Waals surface area contributed by atoms with Crippen molar-refractivity contribution in [2.75, 3.05) is 30.4 Å². The lowest BCUT2D eigenvalue weighted by Crippen LogP contribution is -2.38. The lowest BCUT2D eigenvalue weighted by Gasteiger charge is -2.31. The summed E-state index contributed by atoms with van der Waals surface area (Å²) in [6.07, 6.45) is 7.09. The maximum Gasteiger partial charge on any atom is 0.324 e. The van der Waals surface area contributed by atoms with Crippen molar-refractivity contribution in [2.24, 2.45) is 17.9 Å². The maximum absolute atomic E-state index is 12.8. The van der Waals surface area contributed by atoms with Crippen LogP contribution in [0.4, 0.5) is 16.6 Å². The van der Waals surface area contributed by atoms with Crippen LogP contribution < -0.4 is 10.2 Å². The Bertz CT molecular complexity index is 1090. The molecule has 1 aliphatic heterocycles. The molecule has 3 aromatic heterocycles. The van der Waals surface area contributed by atoms with Gasteiger partial charge < -0.3 is 14.8 Å². The summed E-state index contributed by atoms with van der Waals surface area (Å²) in [7, 11) is 3.89. The molecule has 3 atom stereocenters. The lowest BCUT2D eigenvalue weighted by atomic mass is 9.71. The highest BCUT2D eigenvalue weighted by atomic mass is 16.2. The third kappa shape index (κ3) is 2.81. The zero-order valence-electron chi connectivity index (χ0n) is 17.8. The minimum atomic E-state index is -0.132. The number of carbonyl (C=O) groups excluding carboxylic acids is 1. The summed E-state index contributed by atoms with van der Waals surface area (Å²) in [6.45, 7) is 6.05. The van der Waals surface area contributed by atoms with Gasteiger partial charge in [0, 0.05) is 39.4 Å². The first kappa shape index (κ1) is 18.8. The summed E-state index contributed by atoms with van der Waals surface area (Å²) >= 11 is 0. The number of hydrogen-bond donors (Lipinski definition) is 2. The minimum Gasteiger partial charge on any atom is -0.356 e. The summed E-state index contributed by atoms with van der Waals surface area (Å²) in [4.78, 5) is 33.1. The number of fused-ring (bicyclic) bond motifs is 2. The standard InChI is InChI=1S/C20H27N9O/c1-19-7-13(28(4)16-14-5-6-21-15(14)22-11-23-16)8-20(19,2)10-29(9-19)18(30)25-17-24-12-27(3)26-17/h5-6,11-13H,7-10H2,1-4H3,(H,21,22,23)(H,25,26,30)/t13?,19-,20+. The Labute approximate surface area is 174 Å². The van der Waals surface area contributed by atoms with Crippen molar-refractivity contribution in [1.29, 1.82) is 0 Å². The Morgan fingerprint density at radius 3 is 2.63 bits per heavy atom. The van der Waals surface area contributed by atoms with Crippen molar-refractivity contribution < 1.29 is 4.79 Å². The molecule has 4 heterocycles. The number of aryl methyl sites for hydroxylation is 1. The number of urea groups is 1. The van der Waals surface area contributed by atoms with E-state index >= 15 is 0 Å². The molecular weight excluding hydrogens is 382 g/mol. The first-order valence-electron chi connectivity index (χ1n) is 10.2. The molecule has 1 aliphatic carbocycles. The topological polar surface area (TPSA) is 108 Å². The van der Waals surface area contributed by atoms with Crippen LogP contribution in [-0.2, 0) is 7.05 Å². The van der Waals surface area contributed by atoms with Gasteiger partial charge in [0.2, 0.25) is 5.95 Å². The van der Waals surface area contributed by atoms with Gasteiger partial charge in [-0.15, -0.1) is 5.10 Å². The molecule has 10 heteroatoms. The van der Waals surface area contributed by atoms with Gasteiger partial charge in [-0.25, -0.2) is 19.7 Å². The van der Waals surface area contributed by atoms with Gasteiger partial charge in [0.05, 0.1) is 5.39 Å². The second kappa shape index (κ2) is 6.41. The SMILES string of the molecule is CN(c1ncnc2[nH]ccc12)C1C[C@@]2(C)CN(C(=O)Nc3ncn(C)n3)C[C@@]2(C)C1. The van der Waals surface area contributed by atoms with Crippen LogP contribution in [0.1, 0.15) is 26.7 Å². The number of H-pyrrole nitrogens is 1. The molecule has 10 nitrogen and oxygen atoms in total. The predicted molar refractivity (Wildman–Crippen MR) is 113 cm³/mol. The van der Waals surface area contributed by atoms with Crippen LogP contribution in [0.15, 0.2) is 24.9 Å². The van der Waals surface area contributed by atoms with E-state index in [9.17, 15) is 4.79 Å². The quantitative estimate of drug-likeness (QED) is 0.687. The molecule has 2 amide bonds. The molecule has 1 saturated heterocycles. The number of amides is 2. The first-order chi connectivity index (χ1) is 14.3. The van der Waals surface area contributed by atoms with Crippen LogP contribution in [0.2, 0.25) is 0 Å². The maximum atomic E-state index is 12.8. The second-order valence-corrected chi connectivity index (χ2v) is 9.26. The highest BCUT2D eigenvalue weighted by molar-refractivity contribution is 5.88. The van der Waals surface area contributed by atoms with Crippen molar-refractivity contribution in [3.63, 3.8) is 0 Å². The highest BCUT2D eigenvalue weighted by Gasteiger charge is 2.59. The van der Waals surface area contributed by atoms with E-state index < -0.39 is 0 Å². The van der Waals surface area contributed by atoms with E-state index in [1.807, 2.05) is 17.2 Å². The number of hydrogen-bond acceptors (Lipinski definition) is 6. The van der Waals surface area contributed by atoms with E-state index in [1.165, 1.54) is 0 Å². The number of nitrogens with zero attached hydrogens (tertiary/aromatic N) is 7. The monoisotopic (exact) mass is 409 g/mol. The normalized spacial score (nSPS) is 28.1. The number of carbonyl (C=O) groups is 1. The number of nitrogens with one attached hydrogen (secondary N) is 2. The van der Waals surface area contributed by atoms with Crippen LogP contribution in [0, 0.1) is 10.8 Å². The molecule has 1 unspecified atom stereocenters. The van der Waals surface area contributed by atoms with Gasteiger partial charge in [0.15, 0.2) is 0 Å². The zero-order valence-corrected chi connectivity index (χ0v) is 17.8. The summed E-state index contributed by atoms with van der Waals surface area (Å²) in [6, 6.07) is 2.25. The van der Waals surface area contributed by atoms with Crippen LogP contribution in [0.5, 0.6) is 0 Å². The zero-order chi connectivity index (χ0) is 21.1. The Balaban J connectivity index is 1.32. The third-order valence-electron chi connectivity index (χ3n) is 7.23. The van der Waals surface area contributed by atoms with E-state index in [0.717, 1.165) is 42.8 Å². The number of aromatic amines is 1. The second-order valence-electron chi connectivity index (χ2n) is 9.26. The smallest absolute Gasteiger partial charge is 0.324 e. The summed E-state index contributed by atoms with van der Waals surface area (Å²) in [5, 5.41) is 8.00. The van der Waals surface area contributed by atoms with Gasteiger partial charge in [-0.05, 0) is 29.7 Å². The predicted octanol–water partition coefficient (Wildman–Crippen LogP) is 2.25. The van der Waals surface area contributed by atoms with Gasteiger partial charge in [-0.1, -0.05) is 13.8 Å². The fourth-order valence-electron chi connectivity index (χ4n) is 5.32.